The standard InChI is InChI=1S/C21H19F3N2O3/c1-3-29-19(27)17-13(2)26(14-9-5-4-6-10-14)20(28)25-18(17)15-11-7-8-12-16(15)21(22,23)24/h4-12,18H,3H2,1-2H3,(H,25,28). The molecule has 0 fully saturated rings. The van der Waals surface area contributed by atoms with Gasteiger partial charge in [-0.05, 0) is 37.6 Å². The number of nitrogens with zero attached hydrogens (tertiary/aromatic N) is 1. The maximum atomic E-state index is 13.6. The molecule has 1 N–H and O–H groups in total. The predicted octanol–water partition coefficient (Wildman–Crippen LogP) is 4.81. The van der Waals surface area contributed by atoms with Gasteiger partial charge >= 0.3 is 18.2 Å². The van der Waals surface area contributed by atoms with Crippen LogP contribution in [-0.2, 0) is 15.7 Å². The van der Waals surface area contributed by atoms with Crippen molar-refractivity contribution in [2.75, 3.05) is 11.5 Å². The van der Waals surface area contributed by atoms with Gasteiger partial charge in [0.25, 0.3) is 0 Å². The van der Waals surface area contributed by atoms with Crippen LogP contribution in [0.5, 0.6) is 0 Å². The van der Waals surface area contributed by atoms with Crippen LogP contribution in [0.1, 0.15) is 31.0 Å². The number of halogens is 3. The number of alkyl halides is 3. The molecular formula is C21H19F3N2O3. The van der Waals surface area contributed by atoms with Crippen LogP contribution in [0.4, 0.5) is 23.7 Å². The third-order valence-corrected chi connectivity index (χ3v) is 4.57. The van der Waals surface area contributed by atoms with E-state index < -0.39 is 29.8 Å². The van der Waals surface area contributed by atoms with E-state index in [9.17, 15) is 22.8 Å². The van der Waals surface area contributed by atoms with Crippen LogP contribution in [0, 0.1) is 0 Å². The smallest absolute Gasteiger partial charge is 0.416 e. The highest BCUT2D eigenvalue weighted by molar-refractivity contribution is 6.03. The molecule has 0 aliphatic carbocycles. The first-order valence-electron chi connectivity index (χ1n) is 8.95. The molecule has 2 amide bonds. The quantitative estimate of drug-likeness (QED) is 0.744. The van der Waals surface area contributed by atoms with Crippen LogP contribution in [0.15, 0.2) is 65.9 Å². The van der Waals surface area contributed by atoms with E-state index in [1.807, 2.05) is 0 Å². The molecule has 1 heterocycles. The zero-order valence-corrected chi connectivity index (χ0v) is 15.8. The highest BCUT2D eigenvalue weighted by atomic mass is 19.4. The van der Waals surface area contributed by atoms with Gasteiger partial charge in [-0.3, -0.25) is 4.90 Å². The molecule has 0 spiro atoms. The summed E-state index contributed by atoms with van der Waals surface area (Å²) in [6.07, 6.45) is -4.65. The van der Waals surface area contributed by atoms with E-state index >= 15 is 0 Å². The zero-order chi connectivity index (χ0) is 21.2. The molecule has 2 aromatic carbocycles. The van der Waals surface area contributed by atoms with Crippen molar-refractivity contribution in [3.8, 4) is 0 Å². The molecule has 5 nitrogen and oxygen atoms in total. The molecule has 2 aromatic rings. The average molecular weight is 404 g/mol. The minimum Gasteiger partial charge on any atom is -0.463 e. The Balaban J connectivity index is 2.20. The van der Waals surface area contributed by atoms with Crippen molar-refractivity contribution in [3.63, 3.8) is 0 Å². The van der Waals surface area contributed by atoms with Crippen molar-refractivity contribution in [1.82, 2.24) is 5.32 Å². The van der Waals surface area contributed by atoms with Crippen molar-refractivity contribution in [3.05, 3.63) is 77.0 Å². The topological polar surface area (TPSA) is 58.6 Å². The first-order valence-corrected chi connectivity index (χ1v) is 8.95. The van der Waals surface area contributed by atoms with Gasteiger partial charge in [0.15, 0.2) is 0 Å². The number of rotatable bonds is 4. The second-order valence-corrected chi connectivity index (χ2v) is 6.36. The molecule has 1 aliphatic rings. The van der Waals surface area contributed by atoms with Gasteiger partial charge in [0.05, 0.1) is 29.5 Å². The van der Waals surface area contributed by atoms with Crippen molar-refractivity contribution >= 4 is 17.7 Å². The largest absolute Gasteiger partial charge is 0.463 e. The molecule has 1 atom stereocenters. The molecule has 1 unspecified atom stereocenters. The summed E-state index contributed by atoms with van der Waals surface area (Å²) < 4.78 is 45.8. The minimum absolute atomic E-state index is 0.0442. The molecule has 0 saturated heterocycles. The van der Waals surface area contributed by atoms with Crippen LogP contribution in [0.3, 0.4) is 0 Å². The number of hydrogen-bond acceptors (Lipinski definition) is 3. The molecule has 1 aliphatic heterocycles. The number of benzene rings is 2. The number of amides is 2. The maximum Gasteiger partial charge on any atom is 0.416 e. The Labute approximate surface area is 165 Å². The molecule has 0 aromatic heterocycles. The zero-order valence-electron chi connectivity index (χ0n) is 15.8. The number of urea groups is 1. The number of esters is 1. The third-order valence-electron chi connectivity index (χ3n) is 4.57. The highest BCUT2D eigenvalue weighted by Crippen LogP contribution is 2.40. The number of para-hydroxylation sites is 1. The lowest BCUT2D eigenvalue weighted by molar-refractivity contribution is -0.141. The lowest BCUT2D eigenvalue weighted by Gasteiger charge is -2.36. The van der Waals surface area contributed by atoms with E-state index in [2.05, 4.69) is 5.32 Å². The summed E-state index contributed by atoms with van der Waals surface area (Å²) in [5.41, 5.74) is -0.504. The monoisotopic (exact) mass is 404 g/mol. The fourth-order valence-electron chi connectivity index (χ4n) is 3.34. The van der Waals surface area contributed by atoms with E-state index in [1.165, 1.54) is 30.0 Å². The molecule has 8 heteroatoms. The van der Waals surface area contributed by atoms with Crippen LogP contribution in [-0.4, -0.2) is 18.6 Å². The van der Waals surface area contributed by atoms with Crippen molar-refractivity contribution < 1.29 is 27.5 Å². The van der Waals surface area contributed by atoms with E-state index in [0.29, 0.717) is 5.69 Å². The van der Waals surface area contributed by atoms with Crippen LogP contribution >= 0.6 is 0 Å². The average Bonchev–Trinajstić information content (AvgIpc) is 2.68. The van der Waals surface area contributed by atoms with Gasteiger partial charge in [0.2, 0.25) is 0 Å². The summed E-state index contributed by atoms with van der Waals surface area (Å²) in [6, 6.07) is 11.4. The van der Waals surface area contributed by atoms with E-state index in [0.717, 1.165) is 6.07 Å². The maximum absolute atomic E-state index is 13.6. The molecule has 0 saturated carbocycles. The molecule has 0 bridgehead atoms. The first-order chi connectivity index (χ1) is 13.8. The normalized spacial score (nSPS) is 17.2. The van der Waals surface area contributed by atoms with E-state index in [-0.39, 0.29) is 23.4 Å². The first kappa shape index (κ1) is 20.4. The van der Waals surface area contributed by atoms with E-state index in [1.54, 1.807) is 37.3 Å². The number of hydrogen-bond donors (Lipinski definition) is 1. The second kappa shape index (κ2) is 7.98. The predicted molar refractivity (Wildman–Crippen MR) is 101 cm³/mol. The highest BCUT2D eigenvalue weighted by Gasteiger charge is 2.42. The van der Waals surface area contributed by atoms with Crippen LogP contribution in [0.25, 0.3) is 0 Å². The van der Waals surface area contributed by atoms with E-state index in [4.69, 9.17) is 4.74 Å². The number of nitrogens with one attached hydrogen (secondary N) is 1. The van der Waals surface area contributed by atoms with Crippen LogP contribution < -0.4 is 10.2 Å². The summed E-state index contributed by atoms with van der Waals surface area (Å²) in [5.74, 6) is -0.784. The van der Waals surface area contributed by atoms with Gasteiger partial charge in [-0.15, -0.1) is 0 Å². The van der Waals surface area contributed by atoms with Crippen molar-refractivity contribution in [2.24, 2.45) is 0 Å². The lowest BCUT2D eigenvalue weighted by atomic mass is 9.91. The van der Waals surface area contributed by atoms with Gasteiger partial charge in [0.1, 0.15) is 0 Å². The Kier molecular flexibility index (Phi) is 5.63. The van der Waals surface area contributed by atoms with Crippen LogP contribution in [0.2, 0.25) is 0 Å². The Hall–Kier alpha value is -3.29. The fourth-order valence-corrected chi connectivity index (χ4v) is 3.34. The minimum atomic E-state index is -4.65. The molecule has 29 heavy (non-hydrogen) atoms. The van der Waals surface area contributed by atoms with Gasteiger partial charge in [-0.25, -0.2) is 9.59 Å². The summed E-state index contributed by atoms with van der Waals surface area (Å²) in [4.78, 5) is 26.8. The summed E-state index contributed by atoms with van der Waals surface area (Å²) in [6.45, 7) is 3.16. The Morgan fingerprint density at radius 1 is 1.10 bits per heavy atom. The number of ether oxygens (including phenoxy) is 1. The van der Waals surface area contributed by atoms with Gasteiger partial charge < -0.3 is 10.1 Å². The van der Waals surface area contributed by atoms with Gasteiger partial charge in [-0.1, -0.05) is 36.4 Å². The summed E-state index contributed by atoms with van der Waals surface area (Å²) in [7, 11) is 0. The molecule has 3 rings (SSSR count). The SMILES string of the molecule is CCOC(=O)C1=C(C)N(c2ccccc2)C(=O)NC1c1ccccc1C(F)(F)F. The summed E-state index contributed by atoms with van der Waals surface area (Å²) >= 11 is 0. The number of allylic oxidation sites excluding steroid dienone is 1. The fraction of sp³-hybridized carbons (Fsp3) is 0.238. The van der Waals surface area contributed by atoms with Gasteiger partial charge in [-0.2, -0.15) is 13.2 Å². The second-order valence-electron chi connectivity index (χ2n) is 6.36. The number of anilines is 1. The number of carbonyl (C=O) groups excluding carboxylic acids is 2. The number of carbonyl (C=O) groups is 2. The Morgan fingerprint density at radius 3 is 2.34 bits per heavy atom. The molecule has 152 valence electrons. The molecule has 0 radical (unpaired) electrons. The lowest BCUT2D eigenvalue weighted by Crippen LogP contribution is -2.48. The summed E-state index contributed by atoms with van der Waals surface area (Å²) in [5, 5.41) is 2.54. The Morgan fingerprint density at radius 2 is 1.72 bits per heavy atom. The third kappa shape index (κ3) is 3.96. The van der Waals surface area contributed by atoms with Crippen molar-refractivity contribution in [1.29, 1.82) is 0 Å². The van der Waals surface area contributed by atoms with Crippen molar-refractivity contribution in [2.45, 2.75) is 26.1 Å². The van der Waals surface area contributed by atoms with Gasteiger partial charge in [0, 0.05) is 5.70 Å². The molecular weight excluding hydrogens is 385 g/mol. The Bertz CT molecular complexity index is 955.